The first-order valence-electron chi connectivity index (χ1n) is 7.48. The average Bonchev–Trinajstić information content (AvgIpc) is 2.96. The molecular weight excluding hydrogens is 314 g/mol. The second kappa shape index (κ2) is 10.5. The van der Waals surface area contributed by atoms with Gasteiger partial charge in [0.2, 0.25) is 12.4 Å². The number of hydrogen-bond acceptors (Lipinski definition) is 7. The summed E-state index contributed by atoms with van der Waals surface area (Å²) < 4.78 is 7.44. The molecule has 1 fully saturated rings. The van der Waals surface area contributed by atoms with Gasteiger partial charge in [-0.15, -0.1) is 0 Å². The molecule has 10 heteroatoms. The smallest absolute Gasteiger partial charge is 0.213 e. The fraction of sp³-hybridized carbons (Fsp3) is 0.571. The van der Waals surface area contributed by atoms with Crippen LogP contribution >= 0.6 is 0 Å². The molecule has 1 aromatic rings. The lowest BCUT2D eigenvalue weighted by Gasteiger charge is -2.30. The van der Waals surface area contributed by atoms with Gasteiger partial charge in [0, 0.05) is 20.1 Å². The number of aliphatic hydroxyl groups is 1. The van der Waals surface area contributed by atoms with Crippen LogP contribution in [0, 0.1) is 6.92 Å². The van der Waals surface area contributed by atoms with Crippen molar-refractivity contribution in [3.63, 3.8) is 0 Å². The quantitative estimate of drug-likeness (QED) is 0.317. The number of ether oxygens (including phenoxy) is 1. The predicted octanol–water partition coefficient (Wildman–Crippen LogP) is -0.930. The topological polar surface area (TPSA) is 139 Å². The number of aliphatic imine (C=N–C) groups is 2. The first-order valence-corrected chi connectivity index (χ1v) is 7.48. The third kappa shape index (κ3) is 5.72. The number of hydrogen-bond donors (Lipinski definition) is 4. The van der Waals surface area contributed by atoms with Gasteiger partial charge < -0.3 is 25.9 Å². The minimum atomic E-state index is -0.343. The van der Waals surface area contributed by atoms with Crippen LogP contribution in [-0.4, -0.2) is 66.1 Å². The van der Waals surface area contributed by atoms with Gasteiger partial charge in [-0.3, -0.25) is 14.7 Å². The number of amides is 1. The molecule has 1 aromatic heterocycles. The van der Waals surface area contributed by atoms with Crippen LogP contribution in [0.2, 0.25) is 0 Å². The molecule has 1 unspecified atom stereocenters. The molecule has 0 radical (unpaired) electrons. The van der Waals surface area contributed by atoms with Crippen LogP contribution in [0.4, 0.5) is 5.82 Å². The summed E-state index contributed by atoms with van der Waals surface area (Å²) in [4.78, 5) is 22.2. The zero-order valence-electron chi connectivity index (χ0n) is 14.1. The van der Waals surface area contributed by atoms with E-state index in [1.54, 1.807) is 31.1 Å². The molecule has 24 heavy (non-hydrogen) atoms. The Morgan fingerprint density at radius 3 is 2.96 bits per heavy atom. The van der Waals surface area contributed by atoms with E-state index in [2.05, 4.69) is 25.6 Å². The summed E-state index contributed by atoms with van der Waals surface area (Å²) in [6, 6.07) is 0. The van der Waals surface area contributed by atoms with E-state index >= 15 is 0 Å². The molecule has 5 N–H and O–H groups in total. The van der Waals surface area contributed by atoms with Gasteiger partial charge in [0.25, 0.3) is 0 Å². The highest BCUT2D eigenvalue weighted by Crippen LogP contribution is 2.24. The monoisotopic (exact) mass is 339 g/mol. The fourth-order valence-corrected chi connectivity index (χ4v) is 1.96. The van der Waals surface area contributed by atoms with E-state index in [4.69, 9.17) is 15.6 Å². The first-order chi connectivity index (χ1) is 11.6. The first kappa shape index (κ1) is 19.7. The van der Waals surface area contributed by atoms with Crippen molar-refractivity contribution in [2.75, 3.05) is 26.7 Å². The Balaban J connectivity index is 0.000000648. The maximum absolute atomic E-state index is 10.3. The molecule has 0 aromatic carbocycles. The van der Waals surface area contributed by atoms with Crippen molar-refractivity contribution in [3.05, 3.63) is 12.0 Å². The third-order valence-corrected chi connectivity index (χ3v) is 3.19. The molecule has 2 heterocycles. The highest BCUT2D eigenvalue weighted by molar-refractivity contribution is 5.89. The van der Waals surface area contributed by atoms with Crippen LogP contribution in [0.25, 0.3) is 0 Å². The van der Waals surface area contributed by atoms with Crippen molar-refractivity contribution < 1.29 is 14.6 Å². The Morgan fingerprint density at radius 2 is 2.38 bits per heavy atom. The molecule has 0 spiro atoms. The van der Waals surface area contributed by atoms with Gasteiger partial charge in [-0.05, 0) is 20.1 Å². The fourth-order valence-electron chi connectivity index (χ4n) is 1.96. The Hall–Kier alpha value is -2.30. The molecular formula is C14H25N7O3. The second-order valence-corrected chi connectivity index (χ2v) is 4.89. The lowest BCUT2D eigenvalue weighted by atomic mass is 10.3. The molecule has 1 aliphatic rings. The highest BCUT2D eigenvalue weighted by atomic mass is 16.5. The molecule has 134 valence electrons. The van der Waals surface area contributed by atoms with Gasteiger partial charge in [0.1, 0.15) is 6.23 Å². The number of rotatable bonds is 4. The number of aromatic nitrogens is 2. The number of nitrogens with one attached hydrogen (secondary N) is 2. The molecule has 0 bridgehead atoms. The summed E-state index contributed by atoms with van der Waals surface area (Å²) in [5.41, 5.74) is 6.23. The van der Waals surface area contributed by atoms with Gasteiger partial charge >= 0.3 is 0 Å². The van der Waals surface area contributed by atoms with Crippen molar-refractivity contribution in [1.29, 1.82) is 0 Å². The number of morpholine rings is 1. The predicted molar refractivity (Wildman–Crippen MR) is 91.4 cm³/mol. The number of guanidine groups is 1. The molecule has 1 saturated heterocycles. The Kier molecular flexibility index (Phi) is 8.61. The van der Waals surface area contributed by atoms with E-state index in [0.717, 1.165) is 0 Å². The number of carbonyl (C=O) groups excluding carboxylic acids is 1. The van der Waals surface area contributed by atoms with E-state index in [1.807, 2.05) is 6.92 Å². The zero-order chi connectivity index (χ0) is 17.9. The number of imidazole rings is 1. The minimum Gasteiger partial charge on any atom is -0.394 e. The zero-order valence-corrected chi connectivity index (χ0v) is 14.1. The van der Waals surface area contributed by atoms with Crippen LogP contribution in [0.5, 0.6) is 0 Å². The average molecular weight is 339 g/mol. The van der Waals surface area contributed by atoms with E-state index in [0.29, 0.717) is 31.0 Å². The van der Waals surface area contributed by atoms with Crippen molar-refractivity contribution in [2.45, 2.75) is 26.2 Å². The van der Waals surface area contributed by atoms with Gasteiger partial charge in [0.05, 0.1) is 24.7 Å². The van der Waals surface area contributed by atoms with Gasteiger partial charge in [0.15, 0.2) is 5.82 Å². The molecule has 2 rings (SSSR count). The van der Waals surface area contributed by atoms with Crippen LogP contribution < -0.4 is 16.4 Å². The van der Waals surface area contributed by atoms with Gasteiger partial charge in [-0.25, -0.2) is 4.98 Å². The van der Waals surface area contributed by atoms with E-state index in [1.165, 1.54) is 0 Å². The number of aryl methyl sites for hydroxylation is 1. The maximum Gasteiger partial charge on any atom is 0.213 e. The van der Waals surface area contributed by atoms with E-state index in [-0.39, 0.29) is 24.9 Å². The van der Waals surface area contributed by atoms with E-state index in [9.17, 15) is 4.79 Å². The summed E-state index contributed by atoms with van der Waals surface area (Å²) >= 11 is 0. The normalized spacial score (nSPS) is 21.2. The number of carbonyl (C=O) groups is 1. The summed E-state index contributed by atoms with van der Waals surface area (Å²) in [5.74, 6) is 0.481. The van der Waals surface area contributed by atoms with Crippen LogP contribution in [0.1, 0.15) is 18.8 Å². The molecule has 2 atom stereocenters. The van der Waals surface area contributed by atoms with Crippen LogP contribution in [-0.2, 0) is 9.53 Å². The molecule has 0 saturated carbocycles. The van der Waals surface area contributed by atoms with Crippen molar-refractivity contribution in [1.82, 2.24) is 20.2 Å². The minimum absolute atomic E-state index is 0.0210. The maximum atomic E-state index is 10.3. The Morgan fingerprint density at radius 1 is 1.67 bits per heavy atom. The summed E-state index contributed by atoms with van der Waals surface area (Å²) in [7, 11) is 1.75. The largest absolute Gasteiger partial charge is 0.394 e. The van der Waals surface area contributed by atoms with Crippen molar-refractivity contribution in [3.8, 4) is 0 Å². The standard InChI is InChI=1S/C11H18N6O3.C3H7N/c1-7-10(16-11(12)15-6-19)17(5-14-7)9-3-13-2-8(4-18)20-9;1-3-4-2/h5-6,8-9,13,18H,2-4H2,1H3,(H3,12,15,16,19);3H,1-2H3/t8?,9-;/m1./s1. The molecule has 1 aliphatic heterocycles. The van der Waals surface area contributed by atoms with Crippen molar-refractivity contribution >= 4 is 24.4 Å². The Bertz CT molecular complexity index is 567. The van der Waals surface area contributed by atoms with E-state index < -0.39 is 0 Å². The molecule has 0 aliphatic carbocycles. The van der Waals surface area contributed by atoms with Crippen LogP contribution in [0.15, 0.2) is 16.3 Å². The van der Waals surface area contributed by atoms with Crippen molar-refractivity contribution in [2.24, 2.45) is 15.7 Å². The number of aliphatic hydroxyl groups excluding tert-OH is 1. The number of nitrogens with zero attached hydrogens (tertiary/aromatic N) is 4. The lowest BCUT2D eigenvalue weighted by molar-refractivity contribution is -0.108. The molecule has 1 amide bonds. The van der Waals surface area contributed by atoms with Gasteiger partial charge in [-0.1, -0.05) is 0 Å². The SMILES string of the molecule is CC=NC.Cc1ncn([C@H]2CNCC(CO)O2)c1/N=C(/N)NC=O. The third-order valence-electron chi connectivity index (χ3n) is 3.19. The Labute approximate surface area is 140 Å². The summed E-state index contributed by atoms with van der Waals surface area (Å²) in [5, 5.41) is 14.6. The lowest BCUT2D eigenvalue weighted by Crippen LogP contribution is -2.44. The summed E-state index contributed by atoms with van der Waals surface area (Å²) in [6.45, 7) is 4.76. The van der Waals surface area contributed by atoms with Crippen LogP contribution in [0.3, 0.4) is 0 Å². The second-order valence-electron chi connectivity index (χ2n) is 4.89. The summed E-state index contributed by atoms with van der Waals surface area (Å²) in [6.07, 6.45) is 3.17. The van der Waals surface area contributed by atoms with Gasteiger partial charge in [-0.2, -0.15) is 4.99 Å². The highest BCUT2D eigenvalue weighted by Gasteiger charge is 2.25. The molecule has 10 nitrogen and oxygen atoms in total. The number of nitrogens with two attached hydrogens (primary N) is 1.